The summed E-state index contributed by atoms with van der Waals surface area (Å²) in [5.41, 5.74) is 1.40. The number of nitrogens with zero attached hydrogens (tertiary/aromatic N) is 4. The van der Waals surface area contributed by atoms with Gasteiger partial charge < -0.3 is 10.1 Å². The number of piperidine rings is 1. The lowest BCUT2D eigenvalue weighted by Crippen LogP contribution is -2.59. The van der Waals surface area contributed by atoms with Gasteiger partial charge in [0.1, 0.15) is 5.65 Å². The molecule has 0 saturated carbocycles. The maximum Gasteiger partial charge on any atom is 0.253 e. The Labute approximate surface area is 161 Å². The average molecular weight is 383 g/mol. The Morgan fingerprint density at radius 3 is 2.81 bits per heavy atom. The highest BCUT2D eigenvalue weighted by atomic mass is 32.1. The molecule has 2 aliphatic heterocycles. The summed E-state index contributed by atoms with van der Waals surface area (Å²) < 4.78 is 7.57. The highest BCUT2D eigenvalue weighted by molar-refractivity contribution is 7.12. The van der Waals surface area contributed by atoms with Crippen molar-refractivity contribution in [2.75, 3.05) is 20.3 Å². The van der Waals surface area contributed by atoms with Crippen LogP contribution in [0.25, 0.3) is 16.2 Å². The van der Waals surface area contributed by atoms with Gasteiger partial charge in [0.25, 0.3) is 5.91 Å². The largest absolute Gasteiger partial charge is 0.378 e. The van der Waals surface area contributed by atoms with Crippen LogP contribution in [-0.4, -0.2) is 63.7 Å². The van der Waals surface area contributed by atoms with Gasteiger partial charge in [0.05, 0.1) is 18.8 Å². The first-order chi connectivity index (χ1) is 13.2. The van der Waals surface area contributed by atoms with Crippen LogP contribution in [0.2, 0.25) is 0 Å². The standard InChI is InChI=1S/C19H21N5O2S/c1-23-13-7-12(8-14(23)11-26-10-13)22-18(25)16-9-24(19-21-5-6-27-19)17-15(16)3-2-4-20-17/h2-6,9,12-14H,7-8,10-11H2,1H3,(H,22,25)/t12-,13-,14+. The lowest BCUT2D eigenvalue weighted by Gasteiger charge is -2.46. The van der Waals surface area contributed by atoms with E-state index in [2.05, 4.69) is 27.2 Å². The van der Waals surface area contributed by atoms with E-state index < -0.39 is 0 Å². The Hall–Kier alpha value is -2.29. The highest BCUT2D eigenvalue weighted by Gasteiger charge is 2.37. The van der Waals surface area contributed by atoms with Gasteiger partial charge >= 0.3 is 0 Å². The predicted octanol–water partition coefficient (Wildman–Crippen LogP) is 2.07. The SMILES string of the molecule is CN1[C@@H]2COC[C@H]1C[C@@H](NC(=O)c1cn(-c3nccs3)c3ncccc13)C2. The van der Waals surface area contributed by atoms with E-state index in [0.29, 0.717) is 17.6 Å². The second-order valence-corrected chi connectivity index (χ2v) is 8.13. The van der Waals surface area contributed by atoms with E-state index in [1.807, 2.05) is 28.3 Å². The van der Waals surface area contributed by atoms with Gasteiger partial charge in [0.2, 0.25) is 0 Å². The van der Waals surface area contributed by atoms with Crippen LogP contribution in [0.1, 0.15) is 23.2 Å². The van der Waals surface area contributed by atoms with E-state index in [0.717, 1.165) is 42.2 Å². The van der Waals surface area contributed by atoms with Crippen molar-refractivity contribution in [2.45, 2.75) is 31.0 Å². The molecule has 3 atom stereocenters. The van der Waals surface area contributed by atoms with Gasteiger partial charge in [-0.15, -0.1) is 11.3 Å². The molecule has 0 unspecified atom stereocenters. The van der Waals surface area contributed by atoms with E-state index >= 15 is 0 Å². The molecular formula is C19H21N5O2S. The van der Waals surface area contributed by atoms with Gasteiger partial charge in [0, 0.05) is 47.5 Å². The number of likely N-dealkylation sites (N-methyl/N-ethyl adjacent to an activating group) is 1. The first kappa shape index (κ1) is 16.9. The summed E-state index contributed by atoms with van der Waals surface area (Å²) in [7, 11) is 2.16. The Bertz CT molecular complexity index is 956. The number of pyridine rings is 1. The third kappa shape index (κ3) is 2.93. The van der Waals surface area contributed by atoms with E-state index in [1.165, 1.54) is 11.3 Å². The van der Waals surface area contributed by atoms with Crippen LogP contribution in [0.4, 0.5) is 0 Å². The summed E-state index contributed by atoms with van der Waals surface area (Å²) in [5, 5.41) is 6.83. The third-order valence-electron chi connectivity index (χ3n) is 5.65. The zero-order valence-electron chi connectivity index (χ0n) is 15.0. The smallest absolute Gasteiger partial charge is 0.253 e. The van der Waals surface area contributed by atoms with Gasteiger partial charge in [-0.25, -0.2) is 9.97 Å². The van der Waals surface area contributed by atoms with Crippen molar-refractivity contribution >= 4 is 28.3 Å². The number of nitrogens with one attached hydrogen (secondary N) is 1. The fourth-order valence-electron chi connectivity index (χ4n) is 4.20. The third-order valence-corrected chi connectivity index (χ3v) is 6.42. The first-order valence-electron chi connectivity index (χ1n) is 9.17. The van der Waals surface area contributed by atoms with Crippen molar-refractivity contribution in [3.05, 3.63) is 41.7 Å². The van der Waals surface area contributed by atoms with E-state index in [4.69, 9.17) is 4.74 Å². The Kier molecular flexibility index (Phi) is 4.18. The molecule has 140 valence electrons. The van der Waals surface area contributed by atoms with Crippen molar-refractivity contribution in [1.82, 2.24) is 24.8 Å². The fourth-order valence-corrected chi connectivity index (χ4v) is 4.81. The number of thiazole rings is 1. The molecular weight excluding hydrogens is 362 g/mol. The summed E-state index contributed by atoms with van der Waals surface area (Å²) >= 11 is 1.52. The van der Waals surface area contributed by atoms with Gasteiger partial charge in [-0.1, -0.05) is 0 Å². The zero-order chi connectivity index (χ0) is 18.4. The van der Waals surface area contributed by atoms with Crippen LogP contribution in [0.5, 0.6) is 0 Å². The van der Waals surface area contributed by atoms with E-state index in [-0.39, 0.29) is 11.9 Å². The van der Waals surface area contributed by atoms with Gasteiger partial charge in [0.15, 0.2) is 5.13 Å². The van der Waals surface area contributed by atoms with Crippen molar-refractivity contribution in [3.63, 3.8) is 0 Å². The number of hydrogen-bond donors (Lipinski definition) is 1. The number of morpholine rings is 1. The van der Waals surface area contributed by atoms with Crippen LogP contribution in [-0.2, 0) is 4.74 Å². The normalized spacial score (nSPS) is 25.6. The summed E-state index contributed by atoms with van der Waals surface area (Å²) in [6, 6.07) is 4.73. The maximum atomic E-state index is 13.1. The molecule has 7 nitrogen and oxygen atoms in total. The number of fused-ring (bicyclic) bond motifs is 3. The molecule has 27 heavy (non-hydrogen) atoms. The molecule has 2 bridgehead atoms. The monoisotopic (exact) mass is 383 g/mol. The average Bonchev–Trinajstić information content (AvgIpc) is 3.30. The van der Waals surface area contributed by atoms with Gasteiger partial charge in [-0.05, 0) is 32.0 Å². The summed E-state index contributed by atoms with van der Waals surface area (Å²) in [5.74, 6) is -0.0446. The van der Waals surface area contributed by atoms with Crippen LogP contribution in [0.3, 0.4) is 0 Å². The minimum atomic E-state index is -0.0446. The number of rotatable bonds is 3. The van der Waals surface area contributed by atoms with Gasteiger partial charge in [-0.3, -0.25) is 14.3 Å². The number of amides is 1. The molecule has 1 amide bonds. The summed E-state index contributed by atoms with van der Waals surface area (Å²) in [6.07, 6.45) is 7.19. The quantitative estimate of drug-likeness (QED) is 0.750. The van der Waals surface area contributed by atoms with Crippen molar-refractivity contribution < 1.29 is 9.53 Å². The van der Waals surface area contributed by atoms with Crippen molar-refractivity contribution in [1.29, 1.82) is 0 Å². The molecule has 2 saturated heterocycles. The Morgan fingerprint density at radius 2 is 2.07 bits per heavy atom. The number of aromatic nitrogens is 3. The number of hydrogen-bond acceptors (Lipinski definition) is 6. The fraction of sp³-hybridized carbons (Fsp3) is 0.421. The van der Waals surface area contributed by atoms with Crippen molar-refractivity contribution in [2.24, 2.45) is 0 Å². The number of ether oxygens (including phenoxy) is 1. The molecule has 3 aromatic heterocycles. The van der Waals surface area contributed by atoms with Crippen LogP contribution in [0, 0.1) is 0 Å². The molecule has 2 aliphatic rings. The predicted molar refractivity (Wildman–Crippen MR) is 103 cm³/mol. The molecule has 0 aliphatic carbocycles. The second kappa shape index (κ2) is 6.70. The summed E-state index contributed by atoms with van der Waals surface area (Å²) in [4.78, 5) is 24.3. The first-order valence-corrected chi connectivity index (χ1v) is 10.0. The zero-order valence-corrected chi connectivity index (χ0v) is 15.9. The van der Waals surface area contributed by atoms with Crippen LogP contribution >= 0.6 is 11.3 Å². The minimum absolute atomic E-state index is 0.0446. The lowest BCUT2D eigenvalue weighted by atomic mass is 9.90. The lowest BCUT2D eigenvalue weighted by molar-refractivity contribution is -0.0670. The summed E-state index contributed by atoms with van der Waals surface area (Å²) in [6.45, 7) is 1.49. The van der Waals surface area contributed by atoms with Crippen molar-refractivity contribution in [3.8, 4) is 5.13 Å². The number of carbonyl (C=O) groups is 1. The van der Waals surface area contributed by atoms with Crippen LogP contribution < -0.4 is 5.32 Å². The molecule has 5 heterocycles. The van der Waals surface area contributed by atoms with E-state index in [1.54, 1.807) is 12.4 Å². The molecule has 1 N–H and O–H groups in total. The Morgan fingerprint density at radius 1 is 1.26 bits per heavy atom. The minimum Gasteiger partial charge on any atom is -0.378 e. The molecule has 3 aromatic rings. The number of carbonyl (C=O) groups excluding carboxylic acids is 1. The molecule has 0 aromatic carbocycles. The molecule has 5 rings (SSSR count). The molecule has 0 radical (unpaired) electrons. The molecule has 0 spiro atoms. The van der Waals surface area contributed by atoms with Crippen LogP contribution in [0.15, 0.2) is 36.1 Å². The highest BCUT2D eigenvalue weighted by Crippen LogP contribution is 2.28. The molecule has 8 heteroatoms. The molecule has 2 fully saturated rings. The van der Waals surface area contributed by atoms with E-state index in [9.17, 15) is 4.79 Å². The Balaban J connectivity index is 1.43. The topological polar surface area (TPSA) is 72.3 Å². The maximum absolute atomic E-state index is 13.1. The van der Waals surface area contributed by atoms with Gasteiger partial charge in [-0.2, -0.15) is 0 Å². The second-order valence-electron chi connectivity index (χ2n) is 7.25.